The number of hydrazone groups is 1. The molecule has 0 aliphatic carbocycles. The molecular weight excluding hydrogens is 368 g/mol. The highest BCUT2D eigenvalue weighted by Gasteiger charge is 2.09. The number of fused-ring (bicyclic) bond motifs is 1. The van der Waals surface area contributed by atoms with Crippen molar-refractivity contribution in [1.29, 1.82) is 0 Å². The fraction of sp³-hybridized carbons (Fsp3) is 0.0556. The molecule has 1 N–H and O–H groups in total. The zero-order valence-electron chi connectivity index (χ0n) is 13.9. The zero-order chi connectivity index (χ0) is 19.1. The van der Waals surface area contributed by atoms with E-state index in [1.807, 2.05) is 36.4 Å². The van der Waals surface area contributed by atoms with Crippen molar-refractivity contribution in [3.8, 4) is 0 Å². The van der Waals surface area contributed by atoms with Gasteiger partial charge in [0.15, 0.2) is 0 Å². The number of allylic oxidation sites excluding steroid dienone is 1. The fourth-order valence-electron chi connectivity index (χ4n) is 2.12. The number of furan rings is 1. The highest BCUT2D eigenvalue weighted by atomic mass is 32.2. The summed E-state index contributed by atoms with van der Waals surface area (Å²) in [5.41, 5.74) is 3.27. The van der Waals surface area contributed by atoms with Crippen LogP contribution in [0, 0.1) is 10.1 Å². The molecule has 2 aromatic heterocycles. The van der Waals surface area contributed by atoms with Crippen LogP contribution in [0.15, 0.2) is 69.2 Å². The highest BCUT2D eigenvalue weighted by Crippen LogP contribution is 2.19. The summed E-state index contributed by atoms with van der Waals surface area (Å²) in [5, 5.41) is 16.1. The van der Waals surface area contributed by atoms with Crippen molar-refractivity contribution in [3.63, 3.8) is 0 Å². The van der Waals surface area contributed by atoms with Crippen molar-refractivity contribution in [1.82, 2.24) is 10.4 Å². The van der Waals surface area contributed by atoms with Gasteiger partial charge in [-0.25, -0.2) is 10.4 Å². The van der Waals surface area contributed by atoms with E-state index < -0.39 is 4.92 Å². The van der Waals surface area contributed by atoms with Crippen molar-refractivity contribution in [2.24, 2.45) is 5.10 Å². The van der Waals surface area contributed by atoms with Gasteiger partial charge in [0.1, 0.15) is 10.7 Å². The summed E-state index contributed by atoms with van der Waals surface area (Å²) in [7, 11) is 0. The summed E-state index contributed by atoms with van der Waals surface area (Å²) in [5.74, 6) is -0.110. The second-order valence-electron chi connectivity index (χ2n) is 5.24. The van der Waals surface area contributed by atoms with Crippen LogP contribution in [0.5, 0.6) is 0 Å². The smallest absolute Gasteiger partial charge is 0.401 e. The van der Waals surface area contributed by atoms with Gasteiger partial charge in [0, 0.05) is 11.6 Å². The summed E-state index contributed by atoms with van der Waals surface area (Å²) >= 11 is 1.32. The molecule has 0 saturated carbocycles. The molecule has 1 aromatic carbocycles. The Morgan fingerprint density at radius 2 is 2.11 bits per heavy atom. The van der Waals surface area contributed by atoms with Gasteiger partial charge in [-0.05, 0) is 30.4 Å². The lowest BCUT2D eigenvalue weighted by molar-refractivity contribution is -0.402. The van der Waals surface area contributed by atoms with E-state index in [0.29, 0.717) is 5.76 Å². The first-order valence-electron chi connectivity index (χ1n) is 7.83. The van der Waals surface area contributed by atoms with E-state index >= 15 is 0 Å². The third-order valence-electron chi connectivity index (χ3n) is 3.33. The number of nitrogens with zero attached hydrogens (tertiary/aromatic N) is 3. The minimum atomic E-state index is -0.617. The normalized spacial score (nSPS) is 11.4. The van der Waals surface area contributed by atoms with Crippen LogP contribution in [0.4, 0.5) is 5.88 Å². The van der Waals surface area contributed by atoms with E-state index in [-0.39, 0.29) is 17.5 Å². The molecule has 0 aliphatic rings. The third-order valence-corrected chi connectivity index (χ3v) is 4.26. The molecule has 0 aliphatic heterocycles. The second-order valence-corrected chi connectivity index (χ2v) is 6.23. The number of rotatable bonds is 7. The molecule has 0 unspecified atom stereocenters. The molecule has 0 saturated heterocycles. The number of thioether (sulfide) groups is 1. The summed E-state index contributed by atoms with van der Waals surface area (Å²) in [6.45, 7) is 0. The molecule has 0 fully saturated rings. The first-order chi connectivity index (χ1) is 13.1. The third kappa shape index (κ3) is 5.25. The number of hydrogen-bond acceptors (Lipinski definition) is 7. The quantitative estimate of drug-likeness (QED) is 0.289. The number of nitrogens with one attached hydrogen (secondary N) is 1. The minimum absolute atomic E-state index is 0.177. The maximum absolute atomic E-state index is 11.8. The Balaban J connectivity index is 1.45. The molecule has 9 heteroatoms. The van der Waals surface area contributed by atoms with Gasteiger partial charge in [-0.3, -0.25) is 14.9 Å². The van der Waals surface area contributed by atoms with E-state index in [9.17, 15) is 14.9 Å². The van der Waals surface area contributed by atoms with Gasteiger partial charge in [0.2, 0.25) is 5.91 Å². The maximum atomic E-state index is 11.8. The zero-order valence-corrected chi connectivity index (χ0v) is 14.8. The SMILES string of the molecule is O=C(CSc1ccc2ccccc2n1)N/N=C\C=C\c1ccc([N+](=O)[O-])o1. The Kier molecular flexibility index (Phi) is 5.95. The summed E-state index contributed by atoms with van der Waals surface area (Å²) in [4.78, 5) is 26.2. The molecule has 27 heavy (non-hydrogen) atoms. The number of carbonyl (C=O) groups is 1. The first kappa shape index (κ1) is 18.3. The van der Waals surface area contributed by atoms with E-state index in [1.54, 1.807) is 0 Å². The number of aromatic nitrogens is 1. The van der Waals surface area contributed by atoms with Crippen molar-refractivity contribution in [3.05, 3.63) is 70.5 Å². The van der Waals surface area contributed by atoms with Crippen LogP contribution < -0.4 is 5.43 Å². The Labute approximate surface area is 158 Å². The van der Waals surface area contributed by atoms with Gasteiger partial charge < -0.3 is 4.42 Å². The molecule has 0 bridgehead atoms. The molecule has 1 amide bonds. The lowest BCUT2D eigenvalue weighted by Crippen LogP contribution is -2.19. The maximum Gasteiger partial charge on any atom is 0.433 e. The molecule has 0 atom stereocenters. The predicted molar refractivity (Wildman–Crippen MR) is 103 cm³/mol. The summed E-state index contributed by atoms with van der Waals surface area (Å²) < 4.78 is 4.95. The Bertz CT molecular complexity index is 1030. The predicted octanol–water partition coefficient (Wildman–Crippen LogP) is 3.64. The molecule has 0 spiro atoms. The van der Waals surface area contributed by atoms with Crippen LogP contribution in [0.2, 0.25) is 0 Å². The Morgan fingerprint density at radius 3 is 2.93 bits per heavy atom. The fourth-order valence-corrected chi connectivity index (χ4v) is 2.79. The standard InChI is InChI=1S/C18H14N4O4S/c23-16(12-27-17-9-7-13-4-1-2-6-15(13)20-17)21-19-11-3-5-14-8-10-18(26-14)22(24)25/h1-11H,12H2,(H,21,23)/b5-3+,19-11-. The van der Waals surface area contributed by atoms with Crippen LogP contribution >= 0.6 is 11.8 Å². The Morgan fingerprint density at radius 1 is 1.26 bits per heavy atom. The lowest BCUT2D eigenvalue weighted by Gasteiger charge is -2.02. The average molecular weight is 382 g/mol. The molecular formula is C18H14N4O4S. The van der Waals surface area contributed by atoms with E-state index in [2.05, 4.69) is 15.5 Å². The summed E-state index contributed by atoms with van der Waals surface area (Å²) in [6.07, 6.45) is 4.35. The lowest BCUT2D eigenvalue weighted by atomic mass is 10.2. The second kappa shape index (κ2) is 8.77. The van der Waals surface area contributed by atoms with Crippen LogP contribution in [-0.4, -0.2) is 27.8 Å². The van der Waals surface area contributed by atoms with Crippen molar-refractivity contribution < 1.29 is 14.1 Å². The molecule has 8 nitrogen and oxygen atoms in total. The summed E-state index contributed by atoms with van der Waals surface area (Å²) in [6, 6.07) is 14.3. The molecule has 3 aromatic rings. The van der Waals surface area contributed by atoms with Crippen LogP contribution in [0.25, 0.3) is 17.0 Å². The minimum Gasteiger partial charge on any atom is -0.401 e. The van der Waals surface area contributed by atoms with Crippen molar-refractivity contribution >= 4 is 46.7 Å². The topological polar surface area (TPSA) is 111 Å². The number of carbonyl (C=O) groups excluding carboxylic acids is 1. The monoisotopic (exact) mass is 382 g/mol. The van der Waals surface area contributed by atoms with Gasteiger partial charge in [0.25, 0.3) is 0 Å². The molecule has 3 rings (SSSR count). The van der Waals surface area contributed by atoms with Crippen LogP contribution in [0.3, 0.4) is 0 Å². The Hall–Kier alpha value is -3.46. The largest absolute Gasteiger partial charge is 0.433 e. The van der Waals surface area contributed by atoms with Gasteiger partial charge >= 0.3 is 5.88 Å². The van der Waals surface area contributed by atoms with E-state index in [4.69, 9.17) is 4.42 Å². The van der Waals surface area contributed by atoms with Crippen LogP contribution in [0.1, 0.15) is 5.76 Å². The van der Waals surface area contributed by atoms with Crippen molar-refractivity contribution in [2.45, 2.75) is 5.03 Å². The van der Waals surface area contributed by atoms with Crippen molar-refractivity contribution in [2.75, 3.05) is 5.75 Å². The highest BCUT2D eigenvalue weighted by molar-refractivity contribution is 7.99. The van der Waals surface area contributed by atoms with E-state index in [1.165, 1.54) is 42.3 Å². The van der Waals surface area contributed by atoms with Crippen LogP contribution in [-0.2, 0) is 4.79 Å². The number of hydrogen-bond donors (Lipinski definition) is 1. The number of para-hydroxylation sites is 1. The first-order valence-corrected chi connectivity index (χ1v) is 8.82. The number of amides is 1. The van der Waals surface area contributed by atoms with Gasteiger partial charge in [-0.2, -0.15) is 5.10 Å². The molecule has 136 valence electrons. The van der Waals surface area contributed by atoms with Gasteiger partial charge in [0.05, 0.1) is 22.4 Å². The molecule has 0 radical (unpaired) electrons. The number of pyridine rings is 1. The van der Waals surface area contributed by atoms with Gasteiger partial charge in [-0.1, -0.05) is 36.0 Å². The van der Waals surface area contributed by atoms with E-state index in [0.717, 1.165) is 15.9 Å². The average Bonchev–Trinajstić information content (AvgIpc) is 3.15. The van der Waals surface area contributed by atoms with Gasteiger partial charge in [-0.15, -0.1) is 0 Å². The number of nitro groups is 1. The number of benzene rings is 1. The molecule has 2 heterocycles.